The summed E-state index contributed by atoms with van der Waals surface area (Å²) in [5.74, 6) is -0.334. The van der Waals surface area contributed by atoms with E-state index in [9.17, 15) is 4.79 Å². The first-order valence-electron chi connectivity index (χ1n) is 9.06. The zero-order chi connectivity index (χ0) is 19.5. The number of aromatic nitrogens is 2. The van der Waals surface area contributed by atoms with Crippen LogP contribution in [-0.4, -0.2) is 22.3 Å². The fourth-order valence-corrected chi connectivity index (χ4v) is 3.07. The number of hydrogen-bond acceptors (Lipinski definition) is 3. The van der Waals surface area contributed by atoms with Crippen molar-refractivity contribution >= 4 is 22.9 Å². The molecule has 28 heavy (non-hydrogen) atoms. The van der Waals surface area contributed by atoms with Crippen LogP contribution >= 0.6 is 0 Å². The molecule has 1 heterocycles. The summed E-state index contributed by atoms with van der Waals surface area (Å²) in [7, 11) is 0. The summed E-state index contributed by atoms with van der Waals surface area (Å²) in [6.07, 6.45) is 1.65. The molecule has 5 nitrogen and oxygen atoms in total. The maximum absolute atomic E-state index is 12.4. The van der Waals surface area contributed by atoms with Crippen molar-refractivity contribution in [3.63, 3.8) is 0 Å². The molecule has 1 amide bonds. The Morgan fingerprint density at radius 1 is 1.00 bits per heavy atom. The molecular formula is C23H20N4O. The molecule has 0 saturated carbocycles. The molecule has 0 aliphatic rings. The van der Waals surface area contributed by atoms with E-state index in [4.69, 9.17) is 0 Å². The number of H-pyrrole nitrogens is 1. The lowest BCUT2D eigenvalue weighted by Crippen LogP contribution is -2.18. The second kappa shape index (κ2) is 7.48. The van der Waals surface area contributed by atoms with Gasteiger partial charge in [-0.25, -0.2) is 5.43 Å². The average molecular weight is 368 g/mol. The van der Waals surface area contributed by atoms with Gasteiger partial charge in [0, 0.05) is 11.1 Å². The van der Waals surface area contributed by atoms with E-state index in [2.05, 4.69) is 40.6 Å². The lowest BCUT2D eigenvalue weighted by atomic mass is 10.0. The number of nitrogens with zero attached hydrogens (tertiary/aromatic N) is 2. The Morgan fingerprint density at radius 3 is 2.68 bits per heavy atom. The number of carbonyl (C=O) groups excluding carboxylic acids is 1. The third-order valence-corrected chi connectivity index (χ3v) is 4.82. The molecule has 0 atom stereocenters. The standard InChI is InChI=1S/C23H20N4O/c1-15-10-11-18(12-16(15)2)21-13-22(26-25-21)23(28)27-24-14-19-8-5-7-17-6-3-4-9-20(17)19/h3-14H,1-2H3,(H,25,26)(H,27,28)/b24-14+. The number of hydrogen-bond donors (Lipinski definition) is 2. The molecule has 1 aromatic heterocycles. The van der Waals surface area contributed by atoms with Gasteiger partial charge in [0.25, 0.3) is 5.91 Å². The molecule has 2 N–H and O–H groups in total. The molecule has 3 aromatic carbocycles. The summed E-state index contributed by atoms with van der Waals surface area (Å²) in [6.45, 7) is 4.12. The minimum atomic E-state index is -0.334. The highest BCUT2D eigenvalue weighted by Crippen LogP contribution is 2.21. The van der Waals surface area contributed by atoms with Crippen LogP contribution in [0.4, 0.5) is 0 Å². The second-order valence-corrected chi connectivity index (χ2v) is 6.73. The van der Waals surface area contributed by atoms with Gasteiger partial charge in [-0.05, 0) is 47.9 Å². The maximum Gasteiger partial charge on any atom is 0.289 e. The Kier molecular flexibility index (Phi) is 4.72. The highest BCUT2D eigenvalue weighted by Gasteiger charge is 2.11. The van der Waals surface area contributed by atoms with Crippen LogP contribution in [0.25, 0.3) is 22.0 Å². The summed E-state index contributed by atoms with van der Waals surface area (Å²) in [5, 5.41) is 13.3. The van der Waals surface area contributed by atoms with Crippen molar-refractivity contribution in [1.29, 1.82) is 0 Å². The Labute approximate surface area is 163 Å². The van der Waals surface area contributed by atoms with E-state index in [1.165, 1.54) is 11.1 Å². The van der Waals surface area contributed by atoms with E-state index in [1.54, 1.807) is 12.3 Å². The third kappa shape index (κ3) is 3.55. The number of aromatic amines is 1. The number of nitrogens with one attached hydrogen (secondary N) is 2. The van der Waals surface area contributed by atoms with Crippen LogP contribution in [0.1, 0.15) is 27.2 Å². The Bertz CT molecular complexity index is 1180. The van der Waals surface area contributed by atoms with E-state index in [1.807, 2.05) is 54.6 Å². The molecule has 0 saturated heterocycles. The largest absolute Gasteiger partial charge is 0.289 e. The Hall–Kier alpha value is -3.73. The van der Waals surface area contributed by atoms with E-state index < -0.39 is 0 Å². The normalized spacial score (nSPS) is 11.2. The quantitative estimate of drug-likeness (QED) is 0.408. The number of aryl methyl sites for hydroxylation is 2. The number of rotatable bonds is 4. The minimum absolute atomic E-state index is 0.334. The first-order chi connectivity index (χ1) is 13.6. The van der Waals surface area contributed by atoms with Gasteiger partial charge in [-0.2, -0.15) is 10.2 Å². The monoisotopic (exact) mass is 368 g/mol. The molecule has 0 fully saturated rings. The molecule has 0 spiro atoms. The number of fused-ring (bicyclic) bond motifs is 1. The molecule has 0 aliphatic carbocycles. The van der Waals surface area contributed by atoms with Crippen LogP contribution in [0.2, 0.25) is 0 Å². The smallest absolute Gasteiger partial charge is 0.272 e. The fourth-order valence-electron chi connectivity index (χ4n) is 3.07. The molecule has 0 radical (unpaired) electrons. The molecule has 4 rings (SSSR count). The highest BCUT2D eigenvalue weighted by molar-refractivity contribution is 6.00. The number of carbonyl (C=O) groups is 1. The van der Waals surface area contributed by atoms with Crippen LogP contribution in [-0.2, 0) is 0 Å². The fraction of sp³-hybridized carbons (Fsp3) is 0.0870. The zero-order valence-electron chi connectivity index (χ0n) is 15.7. The minimum Gasteiger partial charge on any atom is -0.272 e. The Morgan fingerprint density at radius 2 is 1.82 bits per heavy atom. The van der Waals surface area contributed by atoms with E-state index >= 15 is 0 Å². The molecule has 0 unspecified atom stereocenters. The van der Waals surface area contributed by atoms with Crippen molar-refractivity contribution in [2.45, 2.75) is 13.8 Å². The maximum atomic E-state index is 12.4. The molecule has 0 aliphatic heterocycles. The van der Waals surface area contributed by atoms with Crippen molar-refractivity contribution in [2.75, 3.05) is 0 Å². The van der Waals surface area contributed by atoms with Gasteiger partial charge in [0.15, 0.2) is 0 Å². The van der Waals surface area contributed by atoms with Crippen LogP contribution in [0.15, 0.2) is 71.8 Å². The Balaban J connectivity index is 1.49. The summed E-state index contributed by atoms with van der Waals surface area (Å²) < 4.78 is 0. The third-order valence-electron chi connectivity index (χ3n) is 4.82. The van der Waals surface area contributed by atoms with Gasteiger partial charge >= 0.3 is 0 Å². The van der Waals surface area contributed by atoms with E-state index in [0.29, 0.717) is 5.69 Å². The number of amides is 1. The predicted octanol–water partition coefficient (Wildman–Crippen LogP) is 4.61. The topological polar surface area (TPSA) is 70.1 Å². The number of hydrazone groups is 1. The lowest BCUT2D eigenvalue weighted by Gasteiger charge is -2.02. The van der Waals surface area contributed by atoms with Gasteiger partial charge < -0.3 is 0 Å². The van der Waals surface area contributed by atoms with Crippen molar-refractivity contribution in [1.82, 2.24) is 15.6 Å². The first-order valence-corrected chi connectivity index (χ1v) is 9.06. The summed E-state index contributed by atoms with van der Waals surface area (Å²) in [4.78, 5) is 12.4. The summed E-state index contributed by atoms with van der Waals surface area (Å²) in [5.41, 5.74) is 7.97. The van der Waals surface area contributed by atoms with Gasteiger partial charge in [0.2, 0.25) is 0 Å². The predicted molar refractivity (Wildman–Crippen MR) is 113 cm³/mol. The van der Waals surface area contributed by atoms with Crippen LogP contribution in [0.5, 0.6) is 0 Å². The second-order valence-electron chi connectivity index (χ2n) is 6.73. The van der Waals surface area contributed by atoms with Crippen LogP contribution in [0, 0.1) is 13.8 Å². The molecule has 138 valence electrons. The SMILES string of the molecule is Cc1ccc(-c2cc(C(=O)N/N=C/c3cccc4ccccc34)[nH]n2)cc1C. The van der Waals surface area contributed by atoms with Crippen molar-refractivity contribution in [3.05, 3.63) is 89.1 Å². The number of benzene rings is 3. The highest BCUT2D eigenvalue weighted by atomic mass is 16.2. The molecule has 0 bridgehead atoms. The van der Waals surface area contributed by atoms with Gasteiger partial charge in [0.05, 0.1) is 11.9 Å². The first kappa shape index (κ1) is 17.7. The molecule has 5 heteroatoms. The molecule has 4 aromatic rings. The average Bonchev–Trinajstić information content (AvgIpc) is 3.20. The lowest BCUT2D eigenvalue weighted by molar-refractivity contribution is 0.0950. The van der Waals surface area contributed by atoms with Crippen molar-refractivity contribution < 1.29 is 4.79 Å². The van der Waals surface area contributed by atoms with Gasteiger partial charge in [-0.1, -0.05) is 54.6 Å². The molecular weight excluding hydrogens is 348 g/mol. The zero-order valence-corrected chi connectivity index (χ0v) is 15.7. The van der Waals surface area contributed by atoms with Gasteiger partial charge in [-0.3, -0.25) is 9.89 Å². The van der Waals surface area contributed by atoms with Crippen molar-refractivity contribution in [2.24, 2.45) is 5.10 Å². The van der Waals surface area contributed by atoms with Gasteiger partial charge in [0.1, 0.15) is 5.69 Å². The van der Waals surface area contributed by atoms with E-state index in [0.717, 1.165) is 27.6 Å². The van der Waals surface area contributed by atoms with Crippen molar-refractivity contribution in [3.8, 4) is 11.3 Å². The van der Waals surface area contributed by atoms with E-state index in [-0.39, 0.29) is 5.91 Å². The summed E-state index contributed by atoms with van der Waals surface area (Å²) in [6, 6.07) is 21.9. The van der Waals surface area contributed by atoms with Crippen LogP contribution in [0.3, 0.4) is 0 Å². The van der Waals surface area contributed by atoms with Gasteiger partial charge in [-0.15, -0.1) is 0 Å². The van der Waals surface area contributed by atoms with Crippen LogP contribution < -0.4 is 5.43 Å². The summed E-state index contributed by atoms with van der Waals surface area (Å²) >= 11 is 0.